The van der Waals surface area contributed by atoms with Crippen molar-refractivity contribution >= 4 is 17.3 Å². The molecule has 2 atom stereocenters. The lowest BCUT2D eigenvalue weighted by atomic mass is 9.94. The maximum Gasteiger partial charge on any atom is 0.135 e. The van der Waals surface area contributed by atoms with Gasteiger partial charge in [0.2, 0.25) is 0 Å². The van der Waals surface area contributed by atoms with E-state index in [9.17, 15) is 5.11 Å². The molecule has 0 amide bonds. The maximum absolute atomic E-state index is 11.1. The van der Waals surface area contributed by atoms with Crippen LogP contribution in [0.5, 0.6) is 0 Å². The van der Waals surface area contributed by atoms with Crippen molar-refractivity contribution in [1.29, 1.82) is 0 Å². The number of hydrogen-bond acceptors (Lipinski definition) is 7. The van der Waals surface area contributed by atoms with Gasteiger partial charge in [-0.05, 0) is 41.7 Å². The minimum Gasteiger partial charge on any atom is -0.390 e. The number of β-amino-alcohol motifs (C(OH)–C–C–N with tert-alkyl or cyclic N) is 1. The fraction of sp³-hybridized carbons (Fsp3) is 0.407. The summed E-state index contributed by atoms with van der Waals surface area (Å²) in [5, 5.41) is 14.4. The highest BCUT2D eigenvalue weighted by Gasteiger charge is 2.34. The molecule has 2 saturated heterocycles. The molecule has 0 spiro atoms. The lowest BCUT2D eigenvalue weighted by Gasteiger charge is -2.43. The van der Waals surface area contributed by atoms with E-state index in [2.05, 4.69) is 73.6 Å². The van der Waals surface area contributed by atoms with Crippen LogP contribution >= 0.6 is 0 Å². The minimum atomic E-state index is -0.409. The summed E-state index contributed by atoms with van der Waals surface area (Å²) in [6.45, 7) is 5.01. The number of hydrogen-bond donors (Lipinski definition) is 2. The van der Waals surface area contributed by atoms with Crippen LogP contribution < -0.4 is 10.2 Å². The molecule has 0 saturated carbocycles. The summed E-state index contributed by atoms with van der Waals surface area (Å²) >= 11 is 0. The van der Waals surface area contributed by atoms with Crippen LogP contribution in [-0.4, -0.2) is 65.0 Å². The van der Waals surface area contributed by atoms with Gasteiger partial charge >= 0.3 is 0 Å². The summed E-state index contributed by atoms with van der Waals surface area (Å²) in [4.78, 5) is 13.5. The highest BCUT2D eigenvalue weighted by atomic mass is 16.5. The lowest BCUT2D eigenvalue weighted by Crippen LogP contribution is -2.55. The number of nitrogens with zero attached hydrogens (tertiary/aromatic N) is 4. The highest BCUT2D eigenvalue weighted by molar-refractivity contribution is 5.60. The van der Waals surface area contributed by atoms with Gasteiger partial charge in [-0.15, -0.1) is 0 Å². The predicted molar refractivity (Wildman–Crippen MR) is 132 cm³/mol. The van der Waals surface area contributed by atoms with Crippen molar-refractivity contribution in [2.75, 3.05) is 43.1 Å². The number of nitrogens with one attached hydrogen (secondary N) is 1. The van der Waals surface area contributed by atoms with E-state index in [4.69, 9.17) is 4.74 Å². The monoisotopic (exact) mass is 457 g/mol. The molecular weight excluding hydrogens is 426 g/mol. The van der Waals surface area contributed by atoms with E-state index < -0.39 is 6.10 Å². The van der Waals surface area contributed by atoms with E-state index in [0.717, 1.165) is 63.0 Å². The summed E-state index contributed by atoms with van der Waals surface area (Å²) < 4.78 is 5.29. The van der Waals surface area contributed by atoms with Crippen LogP contribution in [0.25, 0.3) is 0 Å². The van der Waals surface area contributed by atoms with E-state index in [1.807, 2.05) is 6.07 Å². The van der Waals surface area contributed by atoms with E-state index in [1.54, 1.807) is 6.33 Å². The molecule has 3 aliphatic heterocycles. The Hall–Kier alpha value is -3.00. The molecule has 3 aromatic rings. The number of aromatic nitrogens is 2. The Labute approximate surface area is 200 Å². The predicted octanol–water partition coefficient (Wildman–Crippen LogP) is 3.33. The number of ether oxygens (including phenoxy) is 1. The Morgan fingerprint density at radius 1 is 0.971 bits per heavy atom. The molecule has 0 radical (unpaired) electrons. The second-order valence-corrected chi connectivity index (χ2v) is 9.60. The Balaban J connectivity index is 1.09. The number of fused-ring (bicyclic) bond motifs is 1. The van der Waals surface area contributed by atoms with Crippen molar-refractivity contribution in [2.24, 2.45) is 0 Å². The molecule has 3 aliphatic rings. The number of piperidine rings is 1. The van der Waals surface area contributed by atoms with Crippen molar-refractivity contribution in [1.82, 2.24) is 14.9 Å². The van der Waals surface area contributed by atoms with Crippen molar-refractivity contribution in [3.05, 3.63) is 77.6 Å². The molecule has 0 aliphatic carbocycles. The van der Waals surface area contributed by atoms with Crippen LogP contribution in [0.2, 0.25) is 0 Å². The number of rotatable bonds is 5. The zero-order valence-corrected chi connectivity index (χ0v) is 19.3. The smallest absolute Gasteiger partial charge is 0.135 e. The highest BCUT2D eigenvalue weighted by Crippen LogP contribution is 2.29. The van der Waals surface area contributed by atoms with Crippen LogP contribution in [0, 0.1) is 0 Å². The van der Waals surface area contributed by atoms with Crippen molar-refractivity contribution in [2.45, 2.75) is 37.5 Å². The van der Waals surface area contributed by atoms with Crippen LogP contribution in [0.4, 0.5) is 17.3 Å². The zero-order valence-electron chi connectivity index (χ0n) is 19.3. The largest absolute Gasteiger partial charge is 0.390 e. The quantitative estimate of drug-likeness (QED) is 0.609. The van der Waals surface area contributed by atoms with Crippen molar-refractivity contribution < 1.29 is 9.84 Å². The fourth-order valence-electron chi connectivity index (χ4n) is 5.36. The number of anilines is 3. The third-order valence-electron chi connectivity index (χ3n) is 7.44. The lowest BCUT2D eigenvalue weighted by molar-refractivity contribution is 0.00843. The van der Waals surface area contributed by atoms with Crippen LogP contribution in [-0.2, 0) is 17.7 Å². The molecule has 176 valence electrons. The molecule has 2 aromatic carbocycles. The summed E-state index contributed by atoms with van der Waals surface area (Å²) in [7, 11) is 0. The molecule has 7 heteroatoms. The van der Waals surface area contributed by atoms with Gasteiger partial charge in [-0.25, -0.2) is 9.97 Å². The van der Waals surface area contributed by atoms with Gasteiger partial charge in [0.05, 0.1) is 19.3 Å². The van der Waals surface area contributed by atoms with Gasteiger partial charge in [-0.2, -0.15) is 0 Å². The first kappa shape index (κ1) is 21.5. The molecular formula is C27H31N5O2. The SMILES string of the molecule is OC1CN(c2cc(Nc3ccc(C4COC4)cc3)ncn2)CCC1N1CCc2ccccc2C1. The summed E-state index contributed by atoms with van der Waals surface area (Å²) in [6.07, 6.45) is 3.16. The van der Waals surface area contributed by atoms with Gasteiger partial charge in [0.1, 0.15) is 18.0 Å². The van der Waals surface area contributed by atoms with Crippen LogP contribution in [0.15, 0.2) is 60.9 Å². The first-order valence-electron chi connectivity index (χ1n) is 12.2. The Bertz CT molecular complexity index is 1130. The first-order valence-corrected chi connectivity index (χ1v) is 12.2. The van der Waals surface area contributed by atoms with Gasteiger partial charge in [0, 0.05) is 49.9 Å². The fourth-order valence-corrected chi connectivity index (χ4v) is 5.36. The normalized spacial score (nSPS) is 23.3. The molecule has 4 heterocycles. The van der Waals surface area contributed by atoms with Gasteiger partial charge < -0.3 is 20.1 Å². The van der Waals surface area contributed by atoms with Crippen LogP contribution in [0.3, 0.4) is 0 Å². The number of benzene rings is 2. The second kappa shape index (κ2) is 9.33. The average molecular weight is 458 g/mol. The standard InChI is InChI=1S/C27H31N5O2/c33-25-15-32(12-10-24(25)31-11-9-19-3-1-2-4-21(19)14-31)27-13-26(28-18-29-27)30-23-7-5-20(6-8-23)22-16-34-17-22/h1-8,13,18,22,24-25,33H,9-12,14-17H2,(H,28,29,30). The van der Waals surface area contributed by atoms with Gasteiger partial charge in [0.15, 0.2) is 0 Å². The summed E-state index contributed by atoms with van der Waals surface area (Å²) in [5.41, 5.74) is 5.15. The summed E-state index contributed by atoms with van der Waals surface area (Å²) in [5.74, 6) is 2.13. The molecule has 34 heavy (non-hydrogen) atoms. The van der Waals surface area contributed by atoms with Gasteiger partial charge in [-0.1, -0.05) is 36.4 Å². The van der Waals surface area contributed by atoms with E-state index in [-0.39, 0.29) is 6.04 Å². The molecule has 2 unspecified atom stereocenters. The molecule has 2 N–H and O–H groups in total. The molecule has 2 fully saturated rings. The van der Waals surface area contributed by atoms with Gasteiger partial charge in [-0.3, -0.25) is 4.90 Å². The van der Waals surface area contributed by atoms with E-state index in [0.29, 0.717) is 12.5 Å². The maximum atomic E-state index is 11.1. The van der Waals surface area contributed by atoms with Crippen molar-refractivity contribution in [3.8, 4) is 0 Å². The second-order valence-electron chi connectivity index (χ2n) is 9.60. The van der Waals surface area contributed by atoms with E-state index >= 15 is 0 Å². The Morgan fingerprint density at radius 2 is 1.79 bits per heavy atom. The molecule has 0 bridgehead atoms. The molecule has 7 nitrogen and oxygen atoms in total. The molecule has 6 rings (SSSR count). The third kappa shape index (κ3) is 4.39. The third-order valence-corrected chi connectivity index (χ3v) is 7.44. The topological polar surface area (TPSA) is 73.8 Å². The Kier molecular flexibility index (Phi) is 5.91. The van der Waals surface area contributed by atoms with Crippen molar-refractivity contribution in [3.63, 3.8) is 0 Å². The average Bonchev–Trinajstić information content (AvgIpc) is 2.84. The first-order chi connectivity index (χ1) is 16.7. The van der Waals surface area contributed by atoms with E-state index in [1.165, 1.54) is 16.7 Å². The van der Waals surface area contributed by atoms with Gasteiger partial charge in [0.25, 0.3) is 0 Å². The Morgan fingerprint density at radius 3 is 2.56 bits per heavy atom. The number of aliphatic hydroxyl groups is 1. The van der Waals surface area contributed by atoms with Crippen LogP contribution in [0.1, 0.15) is 29.0 Å². The zero-order chi connectivity index (χ0) is 22.9. The number of aliphatic hydroxyl groups excluding tert-OH is 1. The molecule has 1 aromatic heterocycles. The minimum absolute atomic E-state index is 0.184. The summed E-state index contributed by atoms with van der Waals surface area (Å²) in [6, 6.07) is 19.3.